The lowest BCUT2D eigenvalue weighted by Crippen LogP contribution is -2.29. The molecule has 1 aromatic rings. The highest BCUT2D eigenvalue weighted by molar-refractivity contribution is 6.04. The topological polar surface area (TPSA) is 94.3 Å². The molecule has 21 heavy (non-hydrogen) atoms. The molecule has 6 heteroatoms. The Hall–Kier alpha value is -2.68. The Kier molecular flexibility index (Phi) is 4.03. The lowest BCUT2D eigenvalue weighted by molar-refractivity contribution is -0.122. The Balaban J connectivity index is 2.08. The van der Waals surface area contributed by atoms with E-state index < -0.39 is 5.41 Å². The lowest BCUT2D eigenvalue weighted by atomic mass is 9.94. The molecule has 0 unspecified atom stereocenters. The zero-order chi connectivity index (χ0) is 15.5. The van der Waals surface area contributed by atoms with Crippen LogP contribution in [0.3, 0.4) is 0 Å². The molecule has 0 spiro atoms. The molecule has 108 valence electrons. The van der Waals surface area contributed by atoms with Crippen LogP contribution in [0.15, 0.2) is 29.4 Å². The maximum Gasteiger partial charge on any atom is 0.244 e. The molecule has 6 nitrogen and oxygen atoms in total. The average Bonchev–Trinajstić information content (AvgIpc) is 2.49. The third-order valence-electron chi connectivity index (χ3n) is 3.23. The number of nitrogens with zero attached hydrogens (tertiary/aromatic N) is 2. The minimum absolute atomic E-state index is 0.0821. The molecule has 0 saturated heterocycles. The fraction of sp³-hybridized carbons (Fsp3) is 0.333. The van der Waals surface area contributed by atoms with Crippen LogP contribution in [0.4, 0.5) is 5.69 Å². The molecule has 0 aromatic heterocycles. The molecule has 1 heterocycles. The van der Waals surface area contributed by atoms with Gasteiger partial charge in [-0.25, -0.2) is 5.43 Å². The standard InChI is InChI=1S/C15H16N4O2/c1-15(2,9-16)14(21)17-11-5-3-10(4-6-11)12-7-8-13(20)19-18-12/h3-6H,7-8H2,1-2H3,(H,17,21)(H,19,20). The Morgan fingerprint density at radius 3 is 2.52 bits per heavy atom. The van der Waals surface area contributed by atoms with Crippen molar-refractivity contribution in [3.05, 3.63) is 29.8 Å². The second kappa shape index (κ2) is 5.75. The van der Waals surface area contributed by atoms with Gasteiger partial charge in [0.25, 0.3) is 0 Å². The Morgan fingerprint density at radius 2 is 2.00 bits per heavy atom. The summed E-state index contributed by atoms with van der Waals surface area (Å²) < 4.78 is 0. The average molecular weight is 284 g/mol. The maximum atomic E-state index is 11.9. The molecule has 1 aromatic carbocycles. The van der Waals surface area contributed by atoms with Gasteiger partial charge in [-0.2, -0.15) is 10.4 Å². The summed E-state index contributed by atoms with van der Waals surface area (Å²) >= 11 is 0. The van der Waals surface area contributed by atoms with Gasteiger partial charge in [-0.3, -0.25) is 9.59 Å². The van der Waals surface area contributed by atoms with Crippen molar-refractivity contribution in [3.8, 4) is 6.07 Å². The van der Waals surface area contributed by atoms with E-state index >= 15 is 0 Å². The highest BCUT2D eigenvalue weighted by atomic mass is 16.2. The molecule has 0 atom stereocenters. The molecule has 2 rings (SSSR count). The SMILES string of the molecule is CC(C)(C#N)C(=O)Nc1ccc(C2=NNC(=O)CC2)cc1. The molecule has 0 bridgehead atoms. The minimum atomic E-state index is -1.07. The second-order valence-electron chi connectivity index (χ2n) is 5.36. The van der Waals surface area contributed by atoms with Gasteiger partial charge in [0.15, 0.2) is 0 Å². The van der Waals surface area contributed by atoms with Gasteiger partial charge in [0.05, 0.1) is 11.8 Å². The molecule has 1 aliphatic rings. The summed E-state index contributed by atoms with van der Waals surface area (Å²) in [6.07, 6.45) is 1.02. The van der Waals surface area contributed by atoms with Crippen LogP contribution in [0.5, 0.6) is 0 Å². The van der Waals surface area contributed by atoms with Crippen LogP contribution in [0.1, 0.15) is 32.3 Å². The number of benzene rings is 1. The van der Waals surface area contributed by atoms with Crippen LogP contribution in [0.25, 0.3) is 0 Å². The van der Waals surface area contributed by atoms with Crippen molar-refractivity contribution < 1.29 is 9.59 Å². The first-order chi connectivity index (χ1) is 9.92. The highest BCUT2D eigenvalue weighted by Crippen LogP contribution is 2.19. The van der Waals surface area contributed by atoms with Gasteiger partial charge < -0.3 is 5.32 Å². The summed E-state index contributed by atoms with van der Waals surface area (Å²) in [5, 5.41) is 15.6. The highest BCUT2D eigenvalue weighted by Gasteiger charge is 2.27. The van der Waals surface area contributed by atoms with E-state index in [4.69, 9.17) is 5.26 Å². The molecular formula is C15H16N4O2. The number of carbonyl (C=O) groups is 2. The number of anilines is 1. The van der Waals surface area contributed by atoms with Crippen molar-refractivity contribution in [2.75, 3.05) is 5.32 Å². The summed E-state index contributed by atoms with van der Waals surface area (Å²) in [7, 11) is 0. The van der Waals surface area contributed by atoms with E-state index in [0.29, 0.717) is 18.5 Å². The van der Waals surface area contributed by atoms with Crippen LogP contribution in [-0.4, -0.2) is 17.5 Å². The van der Waals surface area contributed by atoms with Crippen molar-refractivity contribution in [1.82, 2.24) is 5.43 Å². The van der Waals surface area contributed by atoms with Gasteiger partial charge in [-0.15, -0.1) is 0 Å². The molecule has 2 N–H and O–H groups in total. The maximum absolute atomic E-state index is 11.9. The summed E-state index contributed by atoms with van der Waals surface area (Å²) in [6.45, 7) is 3.13. The fourth-order valence-corrected chi connectivity index (χ4v) is 1.77. The monoisotopic (exact) mass is 284 g/mol. The fourth-order valence-electron chi connectivity index (χ4n) is 1.77. The number of hydrazone groups is 1. The van der Waals surface area contributed by atoms with Crippen molar-refractivity contribution in [2.45, 2.75) is 26.7 Å². The lowest BCUT2D eigenvalue weighted by Gasteiger charge is -2.16. The molecule has 0 aliphatic carbocycles. The van der Waals surface area contributed by atoms with E-state index in [1.165, 1.54) is 0 Å². The number of carbonyl (C=O) groups excluding carboxylic acids is 2. The normalized spacial score (nSPS) is 14.7. The molecule has 0 radical (unpaired) electrons. The number of hydrogen-bond donors (Lipinski definition) is 2. The van der Waals surface area contributed by atoms with Crippen molar-refractivity contribution >= 4 is 23.2 Å². The largest absolute Gasteiger partial charge is 0.325 e. The number of amides is 2. The zero-order valence-corrected chi connectivity index (χ0v) is 11.9. The summed E-state index contributed by atoms with van der Waals surface area (Å²) in [4.78, 5) is 22.9. The molecular weight excluding hydrogens is 268 g/mol. The second-order valence-corrected chi connectivity index (χ2v) is 5.36. The first kappa shape index (κ1) is 14.7. The Morgan fingerprint density at radius 1 is 1.33 bits per heavy atom. The molecule has 0 fully saturated rings. The van der Waals surface area contributed by atoms with E-state index in [-0.39, 0.29) is 11.8 Å². The quantitative estimate of drug-likeness (QED) is 0.885. The number of hydrogen-bond acceptors (Lipinski definition) is 4. The number of nitrogens with one attached hydrogen (secondary N) is 2. The van der Waals surface area contributed by atoms with Crippen LogP contribution in [-0.2, 0) is 9.59 Å². The summed E-state index contributed by atoms with van der Waals surface area (Å²) in [5.74, 6) is -0.429. The van der Waals surface area contributed by atoms with Gasteiger partial charge in [0.1, 0.15) is 5.41 Å². The van der Waals surface area contributed by atoms with Gasteiger partial charge in [0.2, 0.25) is 11.8 Å². The summed E-state index contributed by atoms with van der Waals surface area (Å²) in [6, 6.07) is 9.11. The summed E-state index contributed by atoms with van der Waals surface area (Å²) in [5.41, 5.74) is 3.70. The molecule has 2 amide bonds. The van der Waals surface area contributed by atoms with Crippen molar-refractivity contribution in [3.63, 3.8) is 0 Å². The predicted octanol–water partition coefficient (Wildman–Crippen LogP) is 1.79. The third-order valence-corrected chi connectivity index (χ3v) is 3.23. The van der Waals surface area contributed by atoms with Crippen LogP contribution < -0.4 is 10.7 Å². The van der Waals surface area contributed by atoms with Crippen molar-refractivity contribution in [2.24, 2.45) is 10.5 Å². The van der Waals surface area contributed by atoms with E-state index in [1.807, 2.05) is 18.2 Å². The van der Waals surface area contributed by atoms with E-state index in [2.05, 4.69) is 15.8 Å². The van der Waals surface area contributed by atoms with E-state index in [1.54, 1.807) is 26.0 Å². The van der Waals surface area contributed by atoms with Gasteiger partial charge >= 0.3 is 0 Å². The van der Waals surface area contributed by atoms with Crippen LogP contribution in [0, 0.1) is 16.7 Å². The first-order valence-electron chi connectivity index (χ1n) is 6.61. The zero-order valence-electron chi connectivity index (χ0n) is 11.9. The van der Waals surface area contributed by atoms with E-state index in [0.717, 1.165) is 11.3 Å². The number of rotatable bonds is 3. The predicted molar refractivity (Wildman–Crippen MR) is 78.4 cm³/mol. The van der Waals surface area contributed by atoms with Gasteiger partial charge in [-0.05, 0) is 31.5 Å². The van der Waals surface area contributed by atoms with Crippen molar-refractivity contribution in [1.29, 1.82) is 5.26 Å². The first-order valence-corrected chi connectivity index (χ1v) is 6.61. The number of nitriles is 1. The van der Waals surface area contributed by atoms with E-state index in [9.17, 15) is 9.59 Å². The Bertz CT molecular complexity index is 639. The van der Waals surface area contributed by atoms with Gasteiger partial charge in [-0.1, -0.05) is 12.1 Å². The van der Waals surface area contributed by atoms with Crippen LogP contribution >= 0.6 is 0 Å². The smallest absolute Gasteiger partial charge is 0.244 e. The minimum Gasteiger partial charge on any atom is -0.325 e. The Labute approximate surface area is 122 Å². The third kappa shape index (κ3) is 3.45. The molecule has 0 saturated carbocycles. The van der Waals surface area contributed by atoms with Gasteiger partial charge in [0, 0.05) is 18.5 Å². The van der Waals surface area contributed by atoms with Crippen LogP contribution in [0.2, 0.25) is 0 Å². The molecule has 1 aliphatic heterocycles.